The van der Waals surface area contributed by atoms with E-state index in [1.165, 1.54) is 5.56 Å². The number of fused-ring (bicyclic) bond motifs is 3. The number of benzene rings is 1. The van der Waals surface area contributed by atoms with Gasteiger partial charge in [0, 0.05) is 17.9 Å². The largest absolute Gasteiger partial charge is 0.480 e. The van der Waals surface area contributed by atoms with Gasteiger partial charge in [0.15, 0.2) is 0 Å². The topological polar surface area (TPSA) is 57.6 Å². The third kappa shape index (κ3) is 2.12. The molecule has 1 amide bonds. The number of rotatable bonds is 1. The molecule has 1 aromatic carbocycles. The number of carboxylic acid groups (broad SMARTS) is 1. The van der Waals surface area contributed by atoms with Crippen molar-refractivity contribution >= 4 is 23.6 Å². The SMILES string of the molecule is O=C(O)C1CSCC2c3ccccc3CCC(=O)N12. The second-order valence-electron chi connectivity index (χ2n) is 4.91. The van der Waals surface area contributed by atoms with Gasteiger partial charge in [-0.1, -0.05) is 24.3 Å². The highest BCUT2D eigenvalue weighted by atomic mass is 32.2. The zero-order valence-corrected chi connectivity index (χ0v) is 11.2. The lowest BCUT2D eigenvalue weighted by atomic mass is 9.99. The summed E-state index contributed by atoms with van der Waals surface area (Å²) >= 11 is 1.62. The van der Waals surface area contributed by atoms with Gasteiger partial charge < -0.3 is 10.0 Å². The van der Waals surface area contributed by atoms with Gasteiger partial charge in [0.2, 0.25) is 5.91 Å². The number of carbonyl (C=O) groups excluding carboxylic acids is 1. The fourth-order valence-electron chi connectivity index (χ4n) is 2.90. The Morgan fingerprint density at radius 2 is 2.05 bits per heavy atom. The molecule has 2 atom stereocenters. The van der Waals surface area contributed by atoms with E-state index < -0.39 is 12.0 Å². The van der Waals surface area contributed by atoms with Crippen LogP contribution in [0, 0.1) is 0 Å². The highest BCUT2D eigenvalue weighted by molar-refractivity contribution is 7.99. The number of amides is 1. The van der Waals surface area contributed by atoms with E-state index in [-0.39, 0.29) is 11.9 Å². The summed E-state index contributed by atoms with van der Waals surface area (Å²) < 4.78 is 0. The lowest BCUT2D eigenvalue weighted by molar-refractivity contribution is -0.151. The molecule has 0 aromatic heterocycles. The van der Waals surface area contributed by atoms with Gasteiger partial charge in [-0.05, 0) is 17.5 Å². The van der Waals surface area contributed by atoms with Crippen molar-refractivity contribution in [2.45, 2.75) is 24.9 Å². The van der Waals surface area contributed by atoms with E-state index in [4.69, 9.17) is 0 Å². The Morgan fingerprint density at radius 3 is 2.84 bits per heavy atom. The van der Waals surface area contributed by atoms with Crippen LogP contribution >= 0.6 is 11.8 Å². The first kappa shape index (κ1) is 12.5. The molecule has 1 aromatic rings. The van der Waals surface area contributed by atoms with Crippen LogP contribution in [0.2, 0.25) is 0 Å². The summed E-state index contributed by atoms with van der Waals surface area (Å²) in [6.07, 6.45) is 1.11. The van der Waals surface area contributed by atoms with Crippen LogP contribution in [-0.4, -0.2) is 39.4 Å². The van der Waals surface area contributed by atoms with Gasteiger partial charge >= 0.3 is 5.97 Å². The van der Waals surface area contributed by atoms with Gasteiger partial charge in [0.1, 0.15) is 6.04 Å². The minimum atomic E-state index is -0.898. The van der Waals surface area contributed by atoms with Crippen molar-refractivity contribution in [3.05, 3.63) is 35.4 Å². The van der Waals surface area contributed by atoms with Crippen LogP contribution in [0.1, 0.15) is 23.6 Å². The van der Waals surface area contributed by atoms with Gasteiger partial charge in [0.05, 0.1) is 6.04 Å². The Kier molecular flexibility index (Phi) is 3.22. The van der Waals surface area contributed by atoms with Crippen LogP contribution in [0.5, 0.6) is 0 Å². The van der Waals surface area contributed by atoms with E-state index in [9.17, 15) is 14.7 Å². The van der Waals surface area contributed by atoms with E-state index >= 15 is 0 Å². The molecule has 100 valence electrons. The molecule has 0 spiro atoms. The zero-order valence-electron chi connectivity index (χ0n) is 10.4. The molecule has 5 heteroatoms. The van der Waals surface area contributed by atoms with Crippen molar-refractivity contribution in [2.24, 2.45) is 0 Å². The van der Waals surface area contributed by atoms with Crippen LogP contribution in [0.4, 0.5) is 0 Å². The minimum absolute atomic E-state index is 0.0334. The van der Waals surface area contributed by atoms with E-state index in [0.29, 0.717) is 18.6 Å². The fourth-order valence-corrected chi connectivity index (χ4v) is 4.13. The first-order valence-corrected chi connectivity index (χ1v) is 7.53. The summed E-state index contributed by atoms with van der Waals surface area (Å²) in [7, 11) is 0. The minimum Gasteiger partial charge on any atom is -0.480 e. The maximum Gasteiger partial charge on any atom is 0.327 e. The van der Waals surface area contributed by atoms with E-state index in [0.717, 1.165) is 11.3 Å². The Bertz CT molecular complexity index is 531. The molecule has 0 bridgehead atoms. The lowest BCUT2D eigenvalue weighted by Gasteiger charge is -2.39. The molecular formula is C14H15NO3S. The van der Waals surface area contributed by atoms with E-state index in [1.54, 1.807) is 16.7 Å². The molecule has 0 radical (unpaired) electrons. The monoisotopic (exact) mass is 277 g/mol. The number of carbonyl (C=O) groups is 2. The van der Waals surface area contributed by atoms with Crippen molar-refractivity contribution in [3.63, 3.8) is 0 Å². The molecule has 0 aliphatic carbocycles. The molecule has 19 heavy (non-hydrogen) atoms. The summed E-state index contributed by atoms with van der Waals surface area (Å²) in [5.41, 5.74) is 2.29. The predicted molar refractivity (Wildman–Crippen MR) is 73.1 cm³/mol. The molecule has 0 saturated carbocycles. The van der Waals surface area contributed by atoms with E-state index in [2.05, 4.69) is 0 Å². The highest BCUT2D eigenvalue weighted by Crippen LogP contribution is 2.37. The molecule has 1 fully saturated rings. The van der Waals surface area contributed by atoms with Crippen LogP contribution in [0.25, 0.3) is 0 Å². The maximum absolute atomic E-state index is 12.3. The molecule has 4 nitrogen and oxygen atoms in total. The van der Waals surface area contributed by atoms with Gasteiger partial charge in [0.25, 0.3) is 0 Å². The van der Waals surface area contributed by atoms with Crippen LogP contribution in [0.15, 0.2) is 24.3 Å². The van der Waals surface area contributed by atoms with Gasteiger partial charge in [-0.15, -0.1) is 0 Å². The first-order chi connectivity index (χ1) is 9.18. The fraction of sp³-hybridized carbons (Fsp3) is 0.429. The molecular weight excluding hydrogens is 262 g/mol. The zero-order chi connectivity index (χ0) is 13.4. The average Bonchev–Trinajstić information content (AvgIpc) is 2.57. The molecule has 1 N–H and O–H groups in total. The maximum atomic E-state index is 12.3. The summed E-state index contributed by atoms with van der Waals surface area (Å²) in [4.78, 5) is 25.3. The summed E-state index contributed by atoms with van der Waals surface area (Å²) in [6, 6.07) is 7.22. The van der Waals surface area contributed by atoms with Crippen LogP contribution in [0.3, 0.4) is 0 Å². The normalized spacial score (nSPS) is 26.3. The number of aryl methyl sites for hydroxylation is 1. The number of nitrogens with zero attached hydrogens (tertiary/aromatic N) is 1. The number of hydrogen-bond donors (Lipinski definition) is 1. The summed E-state index contributed by atoms with van der Waals surface area (Å²) in [5.74, 6) is 0.338. The van der Waals surface area contributed by atoms with Crippen molar-refractivity contribution in [1.82, 2.24) is 4.90 Å². The number of carboxylic acids is 1. The standard InChI is InChI=1S/C14H15NO3S/c16-13-6-5-9-3-1-2-4-10(9)11-7-19-8-12(14(17)18)15(11)13/h1-4,11-12H,5-8H2,(H,17,18). The smallest absolute Gasteiger partial charge is 0.327 e. The number of aliphatic carboxylic acids is 1. The van der Waals surface area contributed by atoms with Gasteiger partial charge in [-0.3, -0.25) is 4.79 Å². The van der Waals surface area contributed by atoms with Crippen molar-refractivity contribution in [1.29, 1.82) is 0 Å². The van der Waals surface area contributed by atoms with Gasteiger partial charge in [-0.25, -0.2) is 4.79 Å². The predicted octanol–water partition coefficient (Wildman–Crippen LogP) is 1.70. The molecule has 2 aliphatic rings. The third-order valence-corrected chi connectivity index (χ3v) is 4.92. The second kappa shape index (κ2) is 4.89. The number of hydrogen-bond acceptors (Lipinski definition) is 3. The Morgan fingerprint density at radius 1 is 1.26 bits per heavy atom. The van der Waals surface area contributed by atoms with Gasteiger partial charge in [-0.2, -0.15) is 11.8 Å². The highest BCUT2D eigenvalue weighted by Gasteiger charge is 2.41. The second-order valence-corrected chi connectivity index (χ2v) is 5.98. The molecule has 1 saturated heterocycles. The van der Waals surface area contributed by atoms with Crippen molar-refractivity contribution in [2.75, 3.05) is 11.5 Å². The summed E-state index contributed by atoms with van der Waals surface area (Å²) in [5, 5.41) is 9.33. The number of thioether (sulfide) groups is 1. The molecule has 2 heterocycles. The van der Waals surface area contributed by atoms with Crippen LogP contribution < -0.4 is 0 Å². The van der Waals surface area contributed by atoms with E-state index in [1.807, 2.05) is 24.3 Å². The third-order valence-electron chi connectivity index (χ3n) is 3.82. The Labute approximate surface area is 115 Å². The molecule has 3 rings (SSSR count). The Balaban J connectivity index is 2.06. The van der Waals surface area contributed by atoms with Crippen molar-refractivity contribution < 1.29 is 14.7 Å². The molecule has 2 unspecified atom stereocenters. The first-order valence-electron chi connectivity index (χ1n) is 6.38. The van der Waals surface area contributed by atoms with Crippen molar-refractivity contribution in [3.8, 4) is 0 Å². The Hall–Kier alpha value is -1.49. The average molecular weight is 277 g/mol. The summed E-state index contributed by atoms with van der Waals surface area (Å²) in [6.45, 7) is 0. The quantitative estimate of drug-likeness (QED) is 0.849. The molecule has 2 aliphatic heterocycles. The lowest BCUT2D eigenvalue weighted by Crippen LogP contribution is -2.51. The van der Waals surface area contributed by atoms with Crippen LogP contribution in [-0.2, 0) is 16.0 Å².